The number of ether oxygens (including phenoxy) is 2. The number of nitrogens with one attached hydrogen (secondary N) is 1. The highest BCUT2D eigenvalue weighted by atomic mass is 19.3. The van der Waals surface area contributed by atoms with E-state index in [0.717, 1.165) is 12.1 Å². The van der Waals surface area contributed by atoms with E-state index in [-0.39, 0.29) is 6.61 Å². The van der Waals surface area contributed by atoms with Gasteiger partial charge in [0.1, 0.15) is 17.8 Å². The number of rotatable bonds is 9. The second-order valence-corrected chi connectivity index (χ2v) is 5.22. The van der Waals surface area contributed by atoms with Crippen molar-refractivity contribution in [1.29, 1.82) is 0 Å². The molecule has 0 saturated heterocycles. The molecule has 0 aliphatic heterocycles. The number of benzene rings is 1. The van der Waals surface area contributed by atoms with Gasteiger partial charge >= 0.3 is 6.61 Å². The Labute approximate surface area is 152 Å². The van der Waals surface area contributed by atoms with Crippen LogP contribution in [0.15, 0.2) is 43.0 Å². The Morgan fingerprint density at radius 3 is 2.89 bits per heavy atom. The predicted octanol–water partition coefficient (Wildman–Crippen LogP) is 2.43. The van der Waals surface area contributed by atoms with Crippen molar-refractivity contribution < 1.29 is 22.6 Å². The summed E-state index contributed by atoms with van der Waals surface area (Å²) in [7, 11) is 0. The number of anilines is 1. The monoisotopic (exact) mass is 380 g/mol. The van der Waals surface area contributed by atoms with Gasteiger partial charge in [0.05, 0.1) is 25.1 Å². The number of aromatic nitrogens is 5. The van der Waals surface area contributed by atoms with Crippen molar-refractivity contribution in [3.05, 3.63) is 54.5 Å². The molecule has 3 rings (SSSR count). The molecule has 0 radical (unpaired) electrons. The molecule has 0 aliphatic carbocycles. The summed E-state index contributed by atoms with van der Waals surface area (Å²) >= 11 is 0. The molecular weight excluding hydrogens is 365 g/mol. The molecule has 0 atom stereocenters. The maximum Gasteiger partial charge on any atom is 0.387 e. The van der Waals surface area contributed by atoms with Crippen molar-refractivity contribution in [2.24, 2.45) is 0 Å². The van der Waals surface area contributed by atoms with Gasteiger partial charge in [-0.3, -0.25) is 0 Å². The first kappa shape index (κ1) is 18.6. The lowest BCUT2D eigenvalue weighted by Crippen LogP contribution is -2.10. The first-order chi connectivity index (χ1) is 13.1. The molecule has 11 heteroatoms. The minimum Gasteiger partial charge on any atom is -0.432 e. The number of hydrogen-bond acceptors (Lipinski definition) is 7. The minimum absolute atomic E-state index is 0.201. The second kappa shape index (κ2) is 8.94. The van der Waals surface area contributed by atoms with Gasteiger partial charge in [0, 0.05) is 18.8 Å². The topological polar surface area (TPSA) is 87.0 Å². The Bertz CT molecular complexity index is 862. The molecule has 0 amide bonds. The molecule has 0 aliphatic rings. The normalized spacial score (nSPS) is 11.0. The number of nitrogens with zero attached hydrogens (tertiary/aromatic N) is 5. The van der Waals surface area contributed by atoms with Crippen molar-refractivity contribution in [1.82, 2.24) is 25.0 Å². The van der Waals surface area contributed by atoms with Crippen LogP contribution in [0.5, 0.6) is 5.75 Å². The van der Waals surface area contributed by atoms with Crippen LogP contribution in [0.1, 0.15) is 5.69 Å². The number of halogens is 3. The fourth-order valence-corrected chi connectivity index (χ4v) is 2.13. The van der Waals surface area contributed by atoms with Crippen LogP contribution in [0.3, 0.4) is 0 Å². The highest BCUT2D eigenvalue weighted by Gasteiger charge is 2.12. The Kier molecular flexibility index (Phi) is 6.15. The molecule has 0 bridgehead atoms. The van der Waals surface area contributed by atoms with E-state index in [1.165, 1.54) is 17.1 Å². The third-order valence-corrected chi connectivity index (χ3v) is 3.32. The van der Waals surface area contributed by atoms with Crippen molar-refractivity contribution in [2.45, 2.75) is 13.2 Å². The molecule has 0 fully saturated rings. The van der Waals surface area contributed by atoms with E-state index in [2.05, 4.69) is 30.3 Å². The van der Waals surface area contributed by atoms with Gasteiger partial charge in [-0.15, -0.1) is 5.10 Å². The van der Waals surface area contributed by atoms with Crippen LogP contribution in [-0.4, -0.2) is 44.7 Å². The molecule has 142 valence electrons. The maximum absolute atomic E-state index is 13.5. The third-order valence-electron chi connectivity index (χ3n) is 3.32. The van der Waals surface area contributed by atoms with Crippen molar-refractivity contribution >= 4 is 5.82 Å². The summed E-state index contributed by atoms with van der Waals surface area (Å²) in [6.07, 6.45) is 4.62. The first-order valence-corrected chi connectivity index (χ1v) is 7.85. The Balaban J connectivity index is 1.51. The number of alkyl halides is 2. The van der Waals surface area contributed by atoms with E-state index in [0.29, 0.717) is 30.4 Å². The third kappa shape index (κ3) is 5.38. The summed E-state index contributed by atoms with van der Waals surface area (Å²) < 4.78 is 49.0. The summed E-state index contributed by atoms with van der Waals surface area (Å²) in [5.74, 6) is -0.761. The predicted molar refractivity (Wildman–Crippen MR) is 88.1 cm³/mol. The summed E-state index contributed by atoms with van der Waals surface area (Å²) in [6.45, 7) is -1.98. The number of hydrogen-bond donors (Lipinski definition) is 1. The molecule has 0 unspecified atom stereocenters. The van der Waals surface area contributed by atoms with Crippen LogP contribution in [0.2, 0.25) is 0 Å². The van der Waals surface area contributed by atoms with Gasteiger partial charge in [-0.1, -0.05) is 5.21 Å². The standard InChI is InChI=1S/C16H15F3N6O2/c17-13-2-1-12(7-14(13)27-16(18)19)25-8-11(23-24-25)9-26-6-5-21-15-3-4-20-10-22-15/h1-4,7-8,10,16H,5-6,9H2,(H,20,21,22). The van der Waals surface area contributed by atoms with E-state index in [1.54, 1.807) is 18.5 Å². The van der Waals surface area contributed by atoms with Gasteiger partial charge in [0.15, 0.2) is 11.6 Å². The zero-order valence-corrected chi connectivity index (χ0v) is 13.9. The first-order valence-electron chi connectivity index (χ1n) is 7.85. The second-order valence-electron chi connectivity index (χ2n) is 5.22. The molecule has 0 spiro atoms. The zero-order valence-electron chi connectivity index (χ0n) is 13.9. The quantitative estimate of drug-likeness (QED) is 0.571. The Morgan fingerprint density at radius 2 is 2.11 bits per heavy atom. The van der Waals surface area contributed by atoms with Gasteiger partial charge in [-0.05, 0) is 18.2 Å². The van der Waals surface area contributed by atoms with Gasteiger partial charge in [-0.2, -0.15) is 8.78 Å². The van der Waals surface area contributed by atoms with E-state index < -0.39 is 18.2 Å². The summed E-state index contributed by atoms with van der Waals surface area (Å²) in [5.41, 5.74) is 0.855. The lowest BCUT2D eigenvalue weighted by Gasteiger charge is -2.07. The fraction of sp³-hybridized carbons (Fsp3) is 0.250. The lowest BCUT2D eigenvalue weighted by molar-refractivity contribution is -0.0521. The van der Waals surface area contributed by atoms with Crippen LogP contribution < -0.4 is 10.1 Å². The van der Waals surface area contributed by atoms with Crippen LogP contribution in [0.25, 0.3) is 5.69 Å². The van der Waals surface area contributed by atoms with E-state index in [9.17, 15) is 13.2 Å². The summed E-state index contributed by atoms with van der Waals surface area (Å²) in [6, 6.07) is 5.25. The SMILES string of the molecule is Fc1ccc(-n2cc(COCCNc3ccncn3)nn2)cc1OC(F)F. The molecule has 3 aromatic rings. The average Bonchev–Trinajstić information content (AvgIpc) is 3.13. The molecule has 27 heavy (non-hydrogen) atoms. The zero-order chi connectivity index (χ0) is 19.1. The molecular formula is C16H15F3N6O2. The summed E-state index contributed by atoms with van der Waals surface area (Å²) in [4.78, 5) is 7.83. The Hall–Kier alpha value is -3.21. The lowest BCUT2D eigenvalue weighted by atomic mass is 10.3. The molecule has 2 aromatic heterocycles. The van der Waals surface area contributed by atoms with Gasteiger partial charge in [0.25, 0.3) is 0 Å². The largest absolute Gasteiger partial charge is 0.432 e. The van der Waals surface area contributed by atoms with Crippen LogP contribution in [0.4, 0.5) is 19.0 Å². The van der Waals surface area contributed by atoms with Crippen molar-refractivity contribution in [3.63, 3.8) is 0 Å². The molecule has 2 heterocycles. The van der Waals surface area contributed by atoms with E-state index in [1.807, 2.05) is 0 Å². The molecule has 8 nitrogen and oxygen atoms in total. The highest BCUT2D eigenvalue weighted by Crippen LogP contribution is 2.22. The minimum atomic E-state index is -3.12. The van der Waals surface area contributed by atoms with Crippen molar-refractivity contribution in [2.75, 3.05) is 18.5 Å². The van der Waals surface area contributed by atoms with Crippen LogP contribution >= 0.6 is 0 Å². The van der Waals surface area contributed by atoms with Crippen molar-refractivity contribution in [3.8, 4) is 11.4 Å². The smallest absolute Gasteiger partial charge is 0.387 e. The van der Waals surface area contributed by atoms with Gasteiger partial charge in [0.2, 0.25) is 0 Å². The van der Waals surface area contributed by atoms with Gasteiger partial charge in [-0.25, -0.2) is 19.0 Å². The molecule has 0 saturated carbocycles. The summed E-state index contributed by atoms with van der Waals surface area (Å²) in [5, 5.41) is 10.9. The average molecular weight is 380 g/mol. The van der Waals surface area contributed by atoms with Crippen LogP contribution in [-0.2, 0) is 11.3 Å². The van der Waals surface area contributed by atoms with Gasteiger partial charge < -0.3 is 14.8 Å². The van der Waals surface area contributed by atoms with E-state index >= 15 is 0 Å². The molecule has 1 aromatic carbocycles. The Morgan fingerprint density at radius 1 is 1.22 bits per heavy atom. The molecule has 1 N–H and O–H groups in total. The van der Waals surface area contributed by atoms with Crippen LogP contribution in [0, 0.1) is 5.82 Å². The maximum atomic E-state index is 13.5. The fourth-order valence-electron chi connectivity index (χ4n) is 2.13. The van der Waals surface area contributed by atoms with E-state index in [4.69, 9.17) is 4.74 Å². The highest BCUT2D eigenvalue weighted by molar-refractivity contribution is 5.39.